The molecule has 3 aromatic rings. The Balaban J connectivity index is 1.58. The van der Waals surface area contributed by atoms with Crippen molar-refractivity contribution in [1.82, 2.24) is 9.47 Å². The molecule has 1 saturated heterocycles. The minimum Gasteiger partial charge on any atom is -0.495 e. The number of fused-ring (bicyclic) bond motifs is 1. The molecule has 6 heteroatoms. The van der Waals surface area contributed by atoms with Crippen LogP contribution in [0.3, 0.4) is 0 Å². The van der Waals surface area contributed by atoms with Gasteiger partial charge in [-0.2, -0.15) is 0 Å². The molecule has 2 heterocycles. The maximum Gasteiger partial charge on any atom is 0.258 e. The Bertz CT molecular complexity index is 1080. The first-order chi connectivity index (χ1) is 13.6. The van der Waals surface area contributed by atoms with Crippen LogP contribution in [0.25, 0.3) is 10.8 Å². The molecule has 28 heavy (non-hydrogen) atoms. The topological polar surface area (TPSA) is 54.8 Å². The molecule has 1 amide bonds. The van der Waals surface area contributed by atoms with Gasteiger partial charge < -0.3 is 19.1 Å². The lowest BCUT2D eigenvalue weighted by atomic mass is 10.1. The lowest BCUT2D eigenvalue weighted by Crippen LogP contribution is -2.49. The van der Waals surface area contributed by atoms with Gasteiger partial charge in [-0.1, -0.05) is 30.3 Å². The predicted molar refractivity (Wildman–Crippen MR) is 110 cm³/mol. The number of aryl methyl sites for hydroxylation is 1. The Hall–Kier alpha value is -3.28. The normalized spacial score (nSPS) is 14.4. The number of para-hydroxylation sites is 2. The van der Waals surface area contributed by atoms with Crippen molar-refractivity contribution in [2.75, 3.05) is 38.2 Å². The molecular formula is C22H23N3O3. The van der Waals surface area contributed by atoms with Gasteiger partial charge in [0, 0.05) is 50.2 Å². The molecule has 0 spiro atoms. The second kappa shape index (κ2) is 7.38. The number of anilines is 1. The van der Waals surface area contributed by atoms with Crippen LogP contribution in [-0.2, 0) is 7.05 Å². The monoisotopic (exact) mass is 377 g/mol. The summed E-state index contributed by atoms with van der Waals surface area (Å²) in [5, 5.41) is 1.28. The fourth-order valence-corrected chi connectivity index (χ4v) is 3.80. The fraction of sp³-hybridized carbons (Fsp3) is 0.273. The van der Waals surface area contributed by atoms with Gasteiger partial charge in [0.25, 0.3) is 11.5 Å². The molecule has 0 bridgehead atoms. The van der Waals surface area contributed by atoms with E-state index in [1.807, 2.05) is 47.4 Å². The average Bonchev–Trinajstić information content (AvgIpc) is 2.76. The van der Waals surface area contributed by atoms with Crippen molar-refractivity contribution < 1.29 is 9.53 Å². The number of nitrogens with zero attached hydrogens (tertiary/aromatic N) is 3. The first kappa shape index (κ1) is 18.1. The number of aromatic nitrogens is 1. The van der Waals surface area contributed by atoms with Crippen LogP contribution < -0.4 is 15.2 Å². The highest BCUT2D eigenvalue weighted by atomic mass is 16.5. The maximum atomic E-state index is 13.2. The van der Waals surface area contributed by atoms with E-state index >= 15 is 0 Å². The highest BCUT2D eigenvalue weighted by molar-refractivity contribution is 6.06. The molecule has 0 unspecified atom stereocenters. The van der Waals surface area contributed by atoms with E-state index in [2.05, 4.69) is 4.90 Å². The number of methoxy groups -OCH3 is 1. The van der Waals surface area contributed by atoms with E-state index in [0.717, 1.165) is 24.5 Å². The third kappa shape index (κ3) is 3.11. The zero-order chi connectivity index (χ0) is 19.7. The highest BCUT2D eigenvalue weighted by Gasteiger charge is 2.25. The molecule has 1 aromatic heterocycles. The van der Waals surface area contributed by atoms with Gasteiger partial charge in [0.05, 0.1) is 18.4 Å². The Kier molecular flexibility index (Phi) is 4.77. The van der Waals surface area contributed by atoms with Gasteiger partial charge in [0.2, 0.25) is 0 Å². The molecule has 0 N–H and O–H groups in total. The molecule has 0 aliphatic carbocycles. The average molecular weight is 377 g/mol. The zero-order valence-corrected chi connectivity index (χ0v) is 16.1. The lowest BCUT2D eigenvalue weighted by Gasteiger charge is -2.36. The summed E-state index contributed by atoms with van der Waals surface area (Å²) in [6.45, 7) is 2.70. The van der Waals surface area contributed by atoms with E-state index in [4.69, 9.17) is 4.74 Å². The molecule has 0 atom stereocenters. The molecule has 144 valence electrons. The Morgan fingerprint density at radius 1 is 0.929 bits per heavy atom. The van der Waals surface area contributed by atoms with Crippen molar-refractivity contribution in [3.8, 4) is 5.75 Å². The minimum absolute atomic E-state index is 0.0357. The number of ether oxygens (including phenoxy) is 1. The molecule has 4 rings (SSSR count). The van der Waals surface area contributed by atoms with Gasteiger partial charge in [-0.3, -0.25) is 9.59 Å². The molecule has 6 nitrogen and oxygen atoms in total. The summed E-state index contributed by atoms with van der Waals surface area (Å²) in [6, 6.07) is 15.2. The van der Waals surface area contributed by atoms with Gasteiger partial charge in [0.1, 0.15) is 5.75 Å². The van der Waals surface area contributed by atoms with Gasteiger partial charge in [-0.05, 0) is 18.2 Å². The van der Waals surface area contributed by atoms with Gasteiger partial charge in [-0.25, -0.2) is 0 Å². The number of carbonyl (C=O) groups excluding carboxylic acids is 1. The third-order valence-electron chi connectivity index (χ3n) is 5.31. The number of piperazine rings is 1. The zero-order valence-electron chi connectivity index (χ0n) is 16.1. The number of hydrogen-bond acceptors (Lipinski definition) is 4. The van der Waals surface area contributed by atoms with Crippen molar-refractivity contribution in [1.29, 1.82) is 0 Å². The van der Waals surface area contributed by atoms with Crippen molar-refractivity contribution in [2.24, 2.45) is 7.05 Å². The first-order valence-electron chi connectivity index (χ1n) is 9.36. The minimum atomic E-state index is -0.0897. The molecule has 1 aliphatic rings. The third-order valence-corrected chi connectivity index (χ3v) is 5.31. The summed E-state index contributed by atoms with van der Waals surface area (Å²) in [4.78, 5) is 29.7. The van der Waals surface area contributed by atoms with Crippen molar-refractivity contribution in [3.63, 3.8) is 0 Å². The largest absolute Gasteiger partial charge is 0.495 e. The smallest absolute Gasteiger partial charge is 0.258 e. The number of carbonyl (C=O) groups is 1. The quantitative estimate of drug-likeness (QED) is 0.704. The van der Waals surface area contributed by atoms with E-state index in [9.17, 15) is 9.59 Å². The van der Waals surface area contributed by atoms with Crippen molar-refractivity contribution >= 4 is 22.4 Å². The van der Waals surface area contributed by atoms with Crippen LogP contribution in [0.1, 0.15) is 10.4 Å². The number of benzene rings is 2. The van der Waals surface area contributed by atoms with Crippen LogP contribution in [0.2, 0.25) is 0 Å². The predicted octanol–water partition coefficient (Wildman–Crippen LogP) is 2.51. The van der Waals surface area contributed by atoms with Crippen LogP contribution in [0, 0.1) is 0 Å². The van der Waals surface area contributed by atoms with Crippen molar-refractivity contribution in [3.05, 3.63) is 70.6 Å². The first-order valence-corrected chi connectivity index (χ1v) is 9.36. The molecule has 1 aliphatic heterocycles. The molecule has 0 saturated carbocycles. The van der Waals surface area contributed by atoms with Crippen LogP contribution in [0.15, 0.2) is 59.5 Å². The fourth-order valence-electron chi connectivity index (χ4n) is 3.80. The summed E-state index contributed by atoms with van der Waals surface area (Å²) in [6.07, 6.45) is 1.65. The molecule has 2 aromatic carbocycles. The molecule has 1 fully saturated rings. The van der Waals surface area contributed by atoms with E-state index in [1.165, 1.54) is 4.57 Å². The lowest BCUT2D eigenvalue weighted by molar-refractivity contribution is 0.0748. The van der Waals surface area contributed by atoms with Crippen LogP contribution in [0.4, 0.5) is 5.69 Å². The number of amides is 1. The summed E-state index contributed by atoms with van der Waals surface area (Å²) in [5.74, 6) is 0.804. The van der Waals surface area contributed by atoms with E-state index in [-0.39, 0.29) is 11.5 Å². The SMILES string of the molecule is COc1ccccc1N1CCN(C(=O)c2cn(C)c(=O)c3ccccc23)CC1. The Morgan fingerprint density at radius 2 is 1.57 bits per heavy atom. The number of rotatable bonds is 3. The molecular weight excluding hydrogens is 354 g/mol. The Labute approximate surface area is 163 Å². The summed E-state index contributed by atoms with van der Waals surface area (Å²) < 4.78 is 6.95. The summed E-state index contributed by atoms with van der Waals surface area (Å²) >= 11 is 0. The highest BCUT2D eigenvalue weighted by Crippen LogP contribution is 2.28. The standard InChI is InChI=1S/C22H23N3O3/c1-23-15-18(16-7-3-4-8-17(16)21(23)26)22(27)25-13-11-24(12-14-25)19-9-5-6-10-20(19)28-2/h3-10,15H,11-14H2,1-2H3. The number of hydrogen-bond donors (Lipinski definition) is 0. The van der Waals surface area contributed by atoms with Gasteiger partial charge in [-0.15, -0.1) is 0 Å². The van der Waals surface area contributed by atoms with Crippen LogP contribution in [-0.4, -0.2) is 48.7 Å². The van der Waals surface area contributed by atoms with Crippen LogP contribution in [0.5, 0.6) is 5.75 Å². The summed E-state index contributed by atoms with van der Waals surface area (Å²) in [7, 11) is 3.36. The van der Waals surface area contributed by atoms with E-state index in [0.29, 0.717) is 29.4 Å². The van der Waals surface area contributed by atoms with Gasteiger partial charge >= 0.3 is 0 Å². The van der Waals surface area contributed by atoms with E-state index in [1.54, 1.807) is 26.4 Å². The van der Waals surface area contributed by atoms with E-state index < -0.39 is 0 Å². The van der Waals surface area contributed by atoms with Crippen LogP contribution >= 0.6 is 0 Å². The second-order valence-corrected chi connectivity index (χ2v) is 6.96. The molecule has 0 radical (unpaired) electrons. The second-order valence-electron chi connectivity index (χ2n) is 6.96. The Morgan fingerprint density at radius 3 is 2.29 bits per heavy atom. The number of pyridine rings is 1. The summed E-state index contributed by atoms with van der Waals surface area (Å²) in [5.41, 5.74) is 1.53. The van der Waals surface area contributed by atoms with Crippen molar-refractivity contribution in [2.45, 2.75) is 0 Å². The maximum absolute atomic E-state index is 13.2. The van der Waals surface area contributed by atoms with Gasteiger partial charge in [0.15, 0.2) is 0 Å².